The molecule has 0 aromatic carbocycles. The monoisotopic (exact) mass is 133 g/mol. The van der Waals surface area contributed by atoms with Crippen molar-refractivity contribution in [2.75, 3.05) is 0 Å². The third-order valence-electron chi connectivity index (χ3n) is 1.48. The Morgan fingerprint density at radius 2 is 2.50 bits per heavy atom. The Morgan fingerprint density at radius 1 is 1.50 bits per heavy atom. The van der Waals surface area contributed by atoms with E-state index in [1.807, 2.05) is 18.5 Å². The van der Waals surface area contributed by atoms with Gasteiger partial charge in [0, 0.05) is 11.8 Å². The Bertz CT molecular complexity index is 267. The van der Waals surface area contributed by atoms with E-state index in [0.717, 1.165) is 17.8 Å². The molecular formula is C7H7N3. The van der Waals surface area contributed by atoms with Gasteiger partial charge < -0.3 is 5.32 Å². The second kappa shape index (κ2) is 2.10. The molecule has 2 rings (SSSR count). The summed E-state index contributed by atoms with van der Waals surface area (Å²) < 4.78 is 0. The molecule has 0 radical (unpaired) electrons. The summed E-state index contributed by atoms with van der Waals surface area (Å²) in [6, 6.07) is 0. The molecule has 10 heavy (non-hydrogen) atoms. The number of hydrogen-bond acceptors (Lipinski definition) is 3. The first-order chi connectivity index (χ1) is 4.97. The fourth-order valence-corrected chi connectivity index (χ4v) is 0.957. The van der Waals surface area contributed by atoms with Gasteiger partial charge in [-0.25, -0.2) is 9.97 Å². The summed E-state index contributed by atoms with van der Waals surface area (Å²) in [5.74, 6) is 0. The van der Waals surface area contributed by atoms with Gasteiger partial charge in [-0.3, -0.25) is 0 Å². The van der Waals surface area contributed by atoms with Crippen molar-refractivity contribution >= 4 is 6.08 Å². The van der Waals surface area contributed by atoms with Crippen molar-refractivity contribution in [2.45, 2.75) is 6.54 Å². The molecule has 0 atom stereocenters. The van der Waals surface area contributed by atoms with E-state index in [1.54, 1.807) is 6.33 Å². The van der Waals surface area contributed by atoms with Crippen molar-refractivity contribution < 1.29 is 0 Å². The van der Waals surface area contributed by atoms with Crippen LogP contribution < -0.4 is 5.32 Å². The van der Waals surface area contributed by atoms with Crippen LogP contribution in [0.2, 0.25) is 0 Å². The molecule has 1 aromatic heterocycles. The van der Waals surface area contributed by atoms with Gasteiger partial charge in [0.1, 0.15) is 6.33 Å². The lowest BCUT2D eigenvalue weighted by Crippen LogP contribution is -2.11. The Labute approximate surface area is 58.8 Å². The van der Waals surface area contributed by atoms with Crippen LogP contribution in [0.1, 0.15) is 11.3 Å². The zero-order valence-corrected chi connectivity index (χ0v) is 5.41. The van der Waals surface area contributed by atoms with Crippen LogP contribution in [-0.4, -0.2) is 9.97 Å². The molecular weight excluding hydrogens is 126 g/mol. The highest BCUT2D eigenvalue weighted by Crippen LogP contribution is 2.08. The van der Waals surface area contributed by atoms with E-state index in [4.69, 9.17) is 0 Å². The Balaban J connectivity index is 2.54. The maximum Gasteiger partial charge on any atom is 0.115 e. The van der Waals surface area contributed by atoms with E-state index in [0.29, 0.717) is 0 Å². The van der Waals surface area contributed by atoms with E-state index < -0.39 is 0 Å². The standard InChI is InChI=1S/C7H7N3/c1-2-8-4-7-6(1)3-9-5-10-7/h1-3,5,8H,4H2. The summed E-state index contributed by atoms with van der Waals surface area (Å²) in [6.07, 6.45) is 7.27. The molecule has 0 fully saturated rings. The third-order valence-corrected chi connectivity index (χ3v) is 1.48. The molecule has 0 bridgehead atoms. The van der Waals surface area contributed by atoms with E-state index in [1.165, 1.54) is 0 Å². The van der Waals surface area contributed by atoms with Gasteiger partial charge in [0.25, 0.3) is 0 Å². The van der Waals surface area contributed by atoms with Gasteiger partial charge in [-0.2, -0.15) is 0 Å². The van der Waals surface area contributed by atoms with Gasteiger partial charge in [0.15, 0.2) is 0 Å². The van der Waals surface area contributed by atoms with Crippen molar-refractivity contribution in [3.8, 4) is 0 Å². The topological polar surface area (TPSA) is 37.8 Å². The predicted octanol–water partition coefficient (Wildman–Crippen LogP) is 0.550. The molecule has 50 valence electrons. The smallest absolute Gasteiger partial charge is 0.115 e. The molecule has 1 aromatic rings. The minimum absolute atomic E-state index is 0.814. The van der Waals surface area contributed by atoms with E-state index in [9.17, 15) is 0 Å². The van der Waals surface area contributed by atoms with Gasteiger partial charge >= 0.3 is 0 Å². The van der Waals surface area contributed by atoms with Gasteiger partial charge in [-0.1, -0.05) is 0 Å². The molecule has 0 amide bonds. The second-order valence-corrected chi connectivity index (χ2v) is 2.14. The molecule has 3 heteroatoms. The second-order valence-electron chi connectivity index (χ2n) is 2.14. The van der Waals surface area contributed by atoms with E-state index in [2.05, 4.69) is 15.3 Å². The molecule has 2 heterocycles. The zero-order valence-electron chi connectivity index (χ0n) is 5.41. The quantitative estimate of drug-likeness (QED) is 0.561. The van der Waals surface area contributed by atoms with Crippen LogP contribution >= 0.6 is 0 Å². The maximum atomic E-state index is 4.09. The number of aromatic nitrogens is 2. The molecule has 3 nitrogen and oxygen atoms in total. The first-order valence-corrected chi connectivity index (χ1v) is 3.15. The van der Waals surface area contributed by atoms with Crippen LogP contribution in [0.25, 0.3) is 6.08 Å². The zero-order chi connectivity index (χ0) is 6.81. The Morgan fingerprint density at radius 3 is 3.40 bits per heavy atom. The molecule has 0 saturated heterocycles. The normalized spacial score (nSPS) is 14.0. The van der Waals surface area contributed by atoms with Crippen LogP contribution in [0, 0.1) is 0 Å². The summed E-state index contributed by atoms with van der Waals surface area (Å²) in [5.41, 5.74) is 2.18. The summed E-state index contributed by atoms with van der Waals surface area (Å²) in [6.45, 7) is 0.814. The minimum atomic E-state index is 0.814. The molecule has 0 aliphatic carbocycles. The van der Waals surface area contributed by atoms with Crippen molar-refractivity contribution in [1.29, 1.82) is 0 Å². The molecule has 1 N–H and O–H groups in total. The van der Waals surface area contributed by atoms with Crippen LogP contribution in [0.3, 0.4) is 0 Å². The van der Waals surface area contributed by atoms with Gasteiger partial charge in [0.2, 0.25) is 0 Å². The molecule has 1 aliphatic heterocycles. The minimum Gasteiger partial charge on any atom is -0.385 e. The molecule has 0 spiro atoms. The highest BCUT2D eigenvalue weighted by molar-refractivity contribution is 5.51. The van der Waals surface area contributed by atoms with Gasteiger partial charge in [0.05, 0.1) is 12.2 Å². The third kappa shape index (κ3) is 0.757. The van der Waals surface area contributed by atoms with Gasteiger partial charge in [-0.05, 0) is 12.3 Å². The number of nitrogens with zero attached hydrogens (tertiary/aromatic N) is 2. The first-order valence-electron chi connectivity index (χ1n) is 3.15. The van der Waals surface area contributed by atoms with Gasteiger partial charge in [-0.15, -0.1) is 0 Å². The van der Waals surface area contributed by atoms with Crippen LogP contribution in [-0.2, 0) is 6.54 Å². The highest BCUT2D eigenvalue weighted by atomic mass is 14.9. The number of fused-ring (bicyclic) bond motifs is 1. The lowest BCUT2D eigenvalue weighted by Gasteiger charge is -2.08. The molecule has 0 saturated carbocycles. The van der Waals surface area contributed by atoms with Crippen LogP contribution in [0.15, 0.2) is 18.7 Å². The summed E-state index contributed by atoms with van der Waals surface area (Å²) >= 11 is 0. The maximum absolute atomic E-state index is 4.09. The van der Waals surface area contributed by atoms with Crippen molar-refractivity contribution in [2.24, 2.45) is 0 Å². The summed E-state index contributed by atoms with van der Waals surface area (Å²) in [7, 11) is 0. The fourth-order valence-electron chi connectivity index (χ4n) is 0.957. The summed E-state index contributed by atoms with van der Waals surface area (Å²) in [4.78, 5) is 8.00. The average molecular weight is 133 g/mol. The number of rotatable bonds is 0. The number of nitrogens with one attached hydrogen (secondary N) is 1. The van der Waals surface area contributed by atoms with E-state index in [-0.39, 0.29) is 0 Å². The lowest BCUT2D eigenvalue weighted by atomic mass is 10.2. The van der Waals surface area contributed by atoms with Crippen molar-refractivity contribution in [3.63, 3.8) is 0 Å². The lowest BCUT2D eigenvalue weighted by molar-refractivity contribution is 0.814. The highest BCUT2D eigenvalue weighted by Gasteiger charge is 2.02. The fraction of sp³-hybridized carbons (Fsp3) is 0.143. The van der Waals surface area contributed by atoms with Crippen LogP contribution in [0.5, 0.6) is 0 Å². The SMILES string of the molecule is C1=Cc2cncnc2CN1. The first kappa shape index (κ1) is 5.41. The van der Waals surface area contributed by atoms with Crippen molar-refractivity contribution in [3.05, 3.63) is 30.0 Å². The molecule has 0 unspecified atom stereocenters. The summed E-state index contributed by atoms with van der Waals surface area (Å²) in [5, 5.41) is 3.07. The van der Waals surface area contributed by atoms with Crippen LogP contribution in [0.4, 0.5) is 0 Å². The average Bonchev–Trinajstić information content (AvgIpc) is 2.05. The predicted molar refractivity (Wildman–Crippen MR) is 37.9 cm³/mol. The Hall–Kier alpha value is -1.38. The largest absolute Gasteiger partial charge is 0.385 e. The molecule has 1 aliphatic rings. The number of hydrogen-bond donors (Lipinski definition) is 1. The Kier molecular flexibility index (Phi) is 1.13. The van der Waals surface area contributed by atoms with Crippen molar-refractivity contribution in [1.82, 2.24) is 15.3 Å². The van der Waals surface area contributed by atoms with E-state index >= 15 is 0 Å².